The zero-order valence-electron chi connectivity index (χ0n) is 10.1. The maximum Gasteiger partial charge on any atom is 0.307 e. The van der Waals surface area contributed by atoms with Crippen LogP contribution in [0.4, 0.5) is 0 Å². The summed E-state index contributed by atoms with van der Waals surface area (Å²) in [4.78, 5) is 10.8. The Balaban J connectivity index is 2.35. The molecule has 20 heavy (non-hydrogen) atoms. The van der Waals surface area contributed by atoms with Gasteiger partial charge in [-0.15, -0.1) is 0 Å². The van der Waals surface area contributed by atoms with Gasteiger partial charge in [0.15, 0.2) is 0 Å². The fraction of sp³-hybridized carbons (Fsp3) is 0.0714. The molecule has 3 nitrogen and oxygen atoms in total. The van der Waals surface area contributed by atoms with Crippen LogP contribution >= 0.6 is 34.8 Å². The van der Waals surface area contributed by atoms with Gasteiger partial charge in [0.1, 0.15) is 11.5 Å². The zero-order chi connectivity index (χ0) is 14.7. The van der Waals surface area contributed by atoms with E-state index in [1.54, 1.807) is 24.3 Å². The van der Waals surface area contributed by atoms with Crippen molar-refractivity contribution >= 4 is 40.8 Å². The van der Waals surface area contributed by atoms with E-state index < -0.39 is 5.97 Å². The number of benzene rings is 2. The third-order valence-corrected chi connectivity index (χ3v) is 3.53. The van der Waals surface area contributed by atoms with Crippen molar-refractivity contribution in [1.29, 1.82) is 0 Å². The first-order valence-corrected chi connectivity index (χ1v) is 6.73. The van der Waals surface area contributed by atoms with Crippen molar-refractivity contribution in [2.24, 2.45) is 0 Å². The van der Waals surface area contributed by atoms with E-state index in [0.29, 0.717) is 32.1 Å². The van der Waals surface area contributed by atoms with Gasteiger partial charge in [0, 0.05) is 11.6 Å². The second-order valence-corrected chi connectivity index (χ2v) is 5.20. The van der Waals surface area contributed by atoms with Crippen LogP contribution in [0.1, 0.15) is 5.56 Å². The van der Waals surface area contributed by atoms with Gasteiger partial charge in [-0.3, -0.25) is 4.79 Å². The van der Waals surface area contributed by atoms with E-state index in [4.69, 9.17) is 44.6 Å². The van der Waals surface area contributed by atoms with E-state index in [2.05, 4.69) is 0 Å². The number of hydrogen-bond acceptors (Lipinski definition) is 2. The Hall–Kier alpha value is -1.42. The Kier molecular flexibility index (Phi) is 4.76. The lowest BCUT2D eigenvalue weighted by molar-refractivity contribution is -0.136. The molecule has 0 heterocycles. The molecule has 0 amide bonds. The molecule has 0 saturated heterocycles. The average Bonchev–Trinajstić information content (AvgIpc) is 2.37. The highest BCUT2D eigenvalue weighted by Gasteiger charge is 2.12. The van der Waals surface area contributed by atoms with Gasteiger partial charge in [-0.2, -0.15) is 0 Å². The molecule has 1 N–H and O–H groups in total. The van der Waals surface area contributed by atoms with E-state index in [0.717, 1.165) is 0 Å². The number of halogens is 3. The van der Waals surface area contributed by atoms with Crippen LogP contribution in [-0.2, 0) is 11.2 Å². The topological polar surface area (TPSA) is 46.5 Å². The molecular weight excluding hydrogens is 323 g/mol. The van der Waals surface area contributed by atoms with E-state index >= 15 is 0 Å². The van der Waals surface area contributed by atoms with Crippen LogP contribution in [0, 0.1) is 0 Å². The predicted molar refractivity (Wildman–Crippen MR) is 79.3 cm³/mol. The molecule has 2 rings (SSSR count). The maximum atomic E-state index is 10.8. The molecule has 6 heteroatoms. The Bertz CT molecular complexity index is 656. The van der Waals surface area contributed by atoms with Crippen molar-refractivity contribution in [1.82, 2.24) is 0 Å². The van der Waals surface area contributed by atoms with Gasteiger partial charge in [0.25, 0.3) is 0 Å². The van der Waals surface area contributed by atoms with Crippen LogP contribution in [0.3, 0.4) is 0 Å². The number of ether oxygens (including phenoxy) is 1. The smallest absolute Gasteiger partial charge is 0.307 e. The van der Waals surface area contributed by atoms with Crippen LogP contribution < -0.4 is 4.74 Å². The molecule has 0 spiro atoms. The Morgan fingerprint density at radius 1 is 1.00 bits per heavy atom. The SMILES string of the molecule is O=C(O)Cc1ccccc1Oc1cc(Cl)c(Cl)cc1Cl. The molecule has 0 aliphatic heterocycles. The van der Waals surface area contributed by atoms with Crippen LogP contribution in [0.25, 0.3) is 0 Å². The first-order valence-electron chi connectivity index (χ1n) is 5.59. The second kappa shape index (κ2) is 6.35. The summed E-state index contributed by atoms with van der Waals surface area (Å²) in [6.07, 6.45) is -0.144. The number of aliphatic carboxylic acids is 1. The van der Waals surface area contributed by atoms with Crippen molar-refractivity contribution in [3.8, 4) is 11.5 Å². The lowest BCUT2D eigenvalue weighted by Crippen LogP contribution is -2.02. The van der Waals surface area contributed by atoms with Crippen LogP contribution in [-0.4, -0.2) is 11.1 Å². The largest absolute Gasteiger partial charge is 0.481 e. The summed E-state index contributed by atoms with van der Waals surface area (Å²) in [5, 5.41) is 9.80. The number of para-hydroxylation sites is 1. The molecule has 0 unspecified atom stereocenters. The molecule has 0 aliphatic rings. The monoisotopic (exact) mass is 330 g/mol. The first-order chi connectivity index (χ1) is 9.47. The normalized spacial score (nSPS) is 10.3. The van der Waals surface area contributed by atoms with E-state index in [-0.39, 0.29) is 6.42 Å². The van der Waals surface area contributed by atoms with Gasteiger partial charge in [0.05, 0.1) is 21.5 Å². The van der Waals surface area contributed by atoms with Gasteiger partial charge in [-0.25, -0.2) is 0 Å². The third kappa shape index (κ3) is 3.57. The maximum absolute atomic E-state index is 10.8. The van der Waals surface area contributed by atoms with E-state index in [9.17, 15) is 4.79 Å². The summed E-state index contributed by atoms with van der Waals surface area (Å²) in [5.74, 6) is -0.213. The number of carboxylic acid groups (broad SMARTS) is 1. The van der Waals surface area contributed by atoms with Gasteiger partial charge in [-0.05, 0) is 12.1 Å². The van der Waals surface area contributed by atoms with Crippen molar-refractivity contribution in [2.45, 2.75) is 6.42 Å². The van der Waals surface area contributed by atoms with E-state index in [1.165, 1.54) is 12.1 Å². The molecule has 2 aromatic rings. The van der Waals surface area contributed by atoms with Crippen LogP contribution in [0.5, 0.6) is 11.5 Å². The molecule has 0 radical (unpaired) electrons. The quantitative estimate of drug-likeness (QED) is 0.796. The fourth-order valence-corrected chi connectivity index (χ4v) is 2.19. The lowest BCUT2D eigenvalue weighted by Gasteiger charge is -2.12. The molecule has 104 valence electrons. The van der Waals surface area contributed by atoms with Gasteiger partial charge in [0.2, 0.25) is 0 Å². The Morgan fingerprint density at radius 3 is 2.35 bits per heavy atom. The average molecular weight is 332 g/mol. The molecule has 0 atom stereocenters. The van der Waals surface area contributed by atoms with Crippen LogP contribution in [0.2, 0.25) is 15.1 Å². The lowest BCUT2D eigenvalue weighted by atomic mass is 10.1. The number of carbonyl (C=O) groups is 1. The van der Waals surface area contributed by atoms with E-state index in [1.807, 2.05) is 0 Å². The molecule has 2 aromatic carbocycles. The van der Waals surface area contributed by atoms with Gasteiger partial charge in [-0.1, -0.05) is 53.0 Å². The first kappa shape index (κ1) is 15.0. The Morgan fingerprint density at radius 2 is 1.65 bits per heavy atom. The standard InChI is InChI=1S/C14H9Cl3O3/c15-9-6-11(17)13(7-10(9)16)20-12-4-2-1-3-8(12)5-14(18)19/h1-4,6-7H,5H2,(H,18,19). The molecule has 0 aliphatic carbocycles. The van der Waals surface area contributed by atoms with Gasteiger partial charge >= 0.3 is 5.97 Å². The van der Waals surface area contributed by atoms with Crippen molar-refractivity contribution in [3.63, 3.8) is 0 Å². The van der Waals surface area contributed by atoms with Crippen LogP contribution in [0.15, 0.2) is 36.4 Å². The number of rotatable bonds is 4. The minimum absolute atomic E-state index is 0.144. The summed E-state index contributed by atoms with van der Waals surface area (Å²) in [6.45, 7) is 0. The molecule has 0 fully saturated rings. The fourth-order valence-electron chi connectivity index (χ4n) is 1.61. The number of carboxylic acids is 1. The van der Waals surface area contributed by atoms with Gasteiger partial charge < -0.3 is 9.84 Å². The molecular formula is C14H9Cl3O3. The zero-order valence-corrected chi connectivity index (χ0v) is 12.3. The summed E-state index contributed by atoms with van der Waals surface area (Å²) in [6, 6.07) is 9.78. The van der Waals surface area contributed by atoms with Crippen molar-refractivity contribution < 1.29 is 14.6 Å². The van der Waals surface area contributed by atoms with Crippen molar-refractivity contribution in [3.05, 3.63) is 57.0 Å². The predicted octanol–water partition coefficient (Wildman–Crippen LogP) is 5.07. The minimum Gasteiger partial charge on any atom is -0.481 e. The molecule has 0 bridgehead atoms. The minimum atomic E-state index is -0.943. The van der Waals surface area contributed by atoms with Crippen molar-refractivity contribution in [2.75, 3.05) is 0 Å². The highest BCUT2D eigenvalue weighted by molar-refractivity contribution is 6.43. The molecule has 0 saturated carbocycles. The Labute approximate surface area is 130 Å². The number of hydrogen-bond donors (Lipinski definition) is 1. The third-order valence-electron chi connectivity index (χ3n) is 2.51. The summed E-state index contributed by atoms with van der Waals surface area (Å²) >= 11 is 17.8. The second-order valence-electron chi connectivity index (χ2n) is 3.98. The summed E-state index contributed by atoms with van der Waals surface area (Å²) < 4.78 is 5.64. The summed E-state index contributed by atoms with van der Waals surface area (Å²) in [7, 11) is 0. The highest BCUT2D eigenvalue weighted by Crippen LogP contribution is 2.37. The highest BCUT2D eigenvalue weighted by atomic mass is 35.5. The molecule has 0 aromatic heterocycles. The summed E-state index contributed by atoms with van der Waals surface area (Å²) in [5.41, 5.74) is 0.544.